The average molecular weight is 346 g/mol. The van der Waals surface area contributed by atoms with Crippen LogP contribution in [0.1, 0.15) is 10.6 Å². The minimum atomic E-state index is -0.347. The molecule has 1 N–H and O–H groups in total. The monoisotopic (exact) mass is 346 g/mol. The highest BCUT2D eigenvalue weighted by molar-refractivity contribution is 7.15. The normalized spacial score (nSPS) is 10.6. The van der Waals surface area contributed by atoms with E-state index in [1.54, 1.807) is 12.3 Å². The van der Waals surface area contributed by atoms with Gasteiger partial charge in [-0.25, -0.2) is 9.37 Å². The third-order valence-electron chi connectivity index (χ3n) is 3.25. The lowest BCUT2D eigenvalue weighted by atomic mass is 10.3. The fourth-order valence-corrected chi connectivity index (χ4v) is 2.98. The second kappa shape index (κ2) is 7.27. The molecule has 124 valence electrons. The van der Waals surface area contributed by atoms with E-state index < -0.39 is 0 Å². The molecule has 0 spiro atoms. The van der Waals surface area contributed by atoms with Crippen molar-refractivity contribution >= 4 is 17.2 Å². The Balaban J connectivity index is 1.52. The molecule has 0 saturated carbocycles. The molecule has 0 aliphatic rings. The number of amides is 1. The Morgan fingerprint density at radius 3 is 2.83 bits per heavy atom. The number of nitrogens with zero attached hydrogens (tertiary/aromatic N) is 1. The van der Waals surface area contributed by atoms with Gasteiger partial charge >= 0.3 is 0 Å². The Morgan fingerprint density at radius 1 is 1.33 bits per heavy atom. The molecule has 2 heterocycles. The number of halogens is 1. The second-order valence-electron chi connectivity index (χ2n) is 5.02. The average Bonchev–Trinajstić information content (AvgIpc) is 3.22. The highest BCUT2D eigenvalue weighted by Crippen LogP contribution is 2.28. The van der Waals surface area contributed by atoms with Gasteiger partial charge in [0.15, 0.2) is 17.4 Å². The summed E-state index contributed by atoms with van der Waals surface area (Å²) in [5.74, 6) is 0.549. The van der Waals surface area contributed by atoms with E-state index in [2.05, 4.69) is 10.3 Å². The maximum absolute atomic E-state index is 12.8. The van der Waals surface area contributed by atoms with E-state index in [0.717, 1.165) is 15.6 Å². The molecule has 0 aliphatic heterocycles. The molecular formula is C17H15FN2O3S. The second-order valence-corrected chi connectivity index (χ2v) is 6.11. The zero-order chi connectivity index (χ0) is 16.9. The Bertz CT molecular complexity index is 813. The minimum Gasteiger partial charge on any atom is -0.484 e. The van der Waals surface area contributed by atoms with Crippen molar-refractivity contribution < 1.29 is 18.3 Å². The summed E-state index contributed by atoms with van der Waals surface area (Å²) < 4.78 is 23.4. The molecule has 0 bridgehead atoms. The predicted molar refractivity (Wildman–Crippen MR) is 88.3 cm³/mol. The molecule has 0 atom stereocenters. The van der Waals surface area contributed by atoms with Crippen molar-refractivity contribution in [3.8, 4) is 16.5 Å². The van der Waals surface area contributed by atoms with Crippen molar-refractivity contribution in [1.29, 1.82) is 0 Å². The smallest absolute Gasteiger partial charge is 0.258 e. The first kappa shape index (κ1) is 16.2. The van der Waals surface area contributed by atoms with Crippen molar-refractivity contribution in [1.82, 2.24) is 10.3 Å². The first-order chi connectivity index (χ1) is 11.6. The lowest BCUT2D eigenvalue weighted by Gasteiger charge is -2.06. The number of rotatable bonds is 6. The first-order valence-electron chi connectivity index (χ1n) is 7.27. The molecule has 0 aliphatic carbocycles. The van der Waals surface area contributed by atoms with Gasteiger partial charge < -0.3 is 14.5 Å². The van der Waals surface area contributed by atoms with E-state index in [1.807, 2.05) is 13.0 Å². The van der Waals surface area contributed by atoms with Gasteiger partial charge in [-0.1, -0.05) is 0 Å². The topological polar surface area (TPSA) is 64.4 Å². The SMILES string of the molecule is Cc1nc(-c2ccco2)sc1CNC(=O)COc1ccc(F)cc1. The molecule has 1 aromatic carbocycles. The number of aromatic nitrogens is 1. The summed E-state index contributed by atoms with van der Waals surface area (Å²) in [5.41, 5.74) is 0.853. The molecule has 0 radical (unpaired) electrons. The van der Waals surface area contributed by atoms with Crippen molar-refractivity contribution in [3.63, 3.8) is 0 Å². The molecule has 3 aromatic rings. The van der Waals surface area contributed by atoms with Gasteiger partial charge in [0.2, 0.25) is 0 Å². The van der Waals surface area contributed by atoms with Gasteiger partial charge in [0.25, 0.3) is 5.91 Å². The van der Waals surface area contributed by atoms with E-state index in [-0.39, 0.29) is 18.3 Å². The van der Waals surface area contributed by atoms with Crippen LogP contribution in [-0.4, -0.2) is 17.5 Å². The fourth-order valence-electron chi connectivity index (χ4n) is 2.01. The van der Waals surface area contributed by atoms with Crippen LogP contribution in [-0.2, 0) is 11.3 Å². The van der Waals surface area contributed by atoms with Crippen molar-refractivity contribution in [2.75, 3.05) is 6.61 Å². The summed E-state index contributed by atoms with van der Waals surface area (Å²) in [6.07, 6.45) is 1.60. The van der Waals surface area contributed by atoms with Crippen LogP contribution >= 0.6 is 11.3 Å². The third-order valence-corrected chi connectivity index (χ3v) is 4.43. The lowest BCUT2D eigenvalue weighted by Crippen LogP contribution is -2.28. The van der Waals surface area contributed by atoms with E-state index in [0.29, 0.717) is 18.1 Å². The summed E-state index contributed by atoms with van der Waals surface area (Å²) >= 11 is 1.47. The summed E-state index contributed by atoms with van der Waals surface area (Å²) in [7, 11) is 0. The zero-order valence-corrected chi connectivity index (χ0v) is 13.7. The summed E-state index contributed by atoms with van der Waals surface area (Å²) in [6.45, 7) is 2.13. The third kappa shape index (κ3) is 3.99. The van der Waals surface area contributed by atoms with Gasteiger partial charge in [0.05, 0.1) is 18.5 Å². The minimum absolute atomic E-state index is 0.130. The lowest BCUT2D eigenvalue weighted by molar-refractivity contribution is -0.123. The molecule has 0 saturated heterocycles. The first-order valence-corrected chi connectivity index (χ1v) is 8.09. The number of hydrogen-bond donors (Lipinski definition) is 1. The zero-order valence-electron chi connectivity index (χ0n) is 12.9. The molecule has 5 nitrogen and oxygen atoms in total. The number of nitrogens with one attached hydrogen (secondary N) is 1. The quantitative estimate of drug-likeness (QED) is 0.741. The number of aryl methyl sites for hydroxylation is 1. The molecule has 2 aromatic heterocycles. The summed E-state index contributed by atoms with van der Waals surface area (Å²) in [5, 5.41) is 3.56. The number of thiazole rings is 1. The molecule has 1 amide bonds. The maximum atomic E-state index is 12.8. The van der Waals surface area contributed by atoms with Gasteiger partial charge in [-0.15, -0.1) is 11.3 Å². The van der Waals surface area contributed by atoms with Gasteiger partial charge in [-0.3, -0.25) is 4.79 Å². The van der Waals surface area contributed by atoms with Crippen molar-refractivity contribution in [2.45, 2.75) is 13.5 Å². The molecule has 0 fully saturated rings. The molecular weight excluding hydrogens is 331 g/mol. The van der Waals surface area contributed by atoms with E-state index in [9.17, 15) is 9.18 Å². The van der Waals surface area contributed by atoms with Crippen LogP contribution < -0.4 is 10.1 Å². The Morgan fingerprint density at radius 2 is 2.12 bits per heavy atom. The van der Waals surface area contributed by atoms with Gasteiger partial charge in [-0.05, 0) is 43.3 Å². The standard InChI is InChI=1S/C17H15FN2O3S/c1-11-15(24-17(20-11)14-3-2-8-22-14)9-19-16(21)10-23-13-6-4-12(18)5-7-13/h2-8H,9-10H2,1H3,(H,19,21). The Labute approximate surface area is 142 Å². The summed E-state index contributed by atoms with van der Waals surface area (Å²) in [4.78, 5) is 17.3. The largest absolute Gasteiger partial charge is 0.484 e. The number of carbonyl (C=O) groups is 1. The highest BCUT2D eigenvalue weighted by atomic mass is 32.1. The number of ether oxygens (including phenoxy) is 1. The summed E-state index contributed by atoms with van der Waals surface area (Å²) in [6, 6.07) is 9.17. The highest BCUT2D eigenvalue weighted by Gasteiger charge is 2.12. The Hall–Kier alpha value is -2.67. The molecule has 7 heteroatoms. The number of benzene rings is 1. The number of furan rings is 1. The van der Waals surface area contributed by atoms with Crippen LogP contribution in [0.4, 0.5) is 4.39 Å². The van der Waals surface area contributed by atoms with Crippen molar-refractivity contribution in [3.05, 3.63) is 59.0 Å². The molecule has 3 rings (SSSR count). The van der Waals surface area contributed by atoms with Crippen LogP contribution in [0.25, 0.3) is 10.8 Å². The number of carbonyl (C=O) groups excluding carboxylic acids is 1. The maximum Gasteiger partial charge on any atom is 0.258 e. The van der Waals surface area contributed by atoms with Crippen LogP contribution in [0.3, 0.4) is 0 Å². The number of hydrogen-bond acceptors (Lipinski definition) is 5. The van der Waals surface area contributed by atoms with Gasteiger partial charge in [0.1, 0.15) is 11.6 Å². The van der Waals surface area contributed by atoms with Crippen molar-refractivity contribution in [2.24, 2.45) is 0 Å². The van der Waals surface area contributed by atoms with E-state index in [4.69, 9.17) is 9.15 Å². The molecule has 0 unspecified atom stereocenters. The van der Waals surface area contributed by atoms with Crippen LogP contribution in [0, 0.1) is 12.7 Å². The Kier molecular flexibility index (Phi) is 4.90. The van der Waals surface area contributed by atoms with E-state index >= 15 is 0 Å². The predicted octanol–water partition coefficient (Wildman–Crippen LogP) is 3.55. The van der Waals surface area contributed by atoms with Crippen LogP contribution in [0.5, 0.6) is 5.75 Å². The van der Waals surface area contributed by atoms with Crippen LogP contribution in [0.2, 0.25) is 0 Å². The van der Waals surface area contributed by atoms with Gasteiger partial charge in [-0.2, -0.15) is 0 Å². The van der Waals surface area contributed by atoms with Crippen LogP contribution in [0.15, 0.2) is 47.1 Å². The fraction of sp³-hybridized carbons (Fsp3) is 0.176. The van der Waals surface area contributed by atoms with E-state index in [1.165, 1.54) is 35.6 Å². The molecule has 24 heavy (non-hydrogen) atoms. The van der Waals surface area contributed by atoms with Gasteiger partial charge in [0, 0.05) is 4.88 Å².